The second-order valence-electron chi connectivity index (χ2n) is 4.97. The lowest BCUT2D eigenvalue weighted by molar-refractivity contribution is -0.119. The van der Waals surface area contributed by atoms with Crippen molar-refractivity contribution in [2.24, 2.45) is 0 Å². The van der Waals surface area contributed by atoms with Gasteiger partial charge in [0.25, 0.3) is 0 Å². The minimum atomic E-state index is -3.58. The smallest absolute Gasteiger partial charge is 0.250 e. The fourth-order valence-corrected chi connectivity index (χ4v) is 3.58. The van der Waals surface area contributed by atoms with E-state index in [9.17, 15) is 13.2 Å². The Hall–Kier alpha value is -1.48. The molecule has 7 nitrogen and oxygen atoms in total. The summed E-state index contributed by atoms with van der Waals surface area (Å²) in [5.74, 6) is -0.327. The lowest BCUT2D eigenvalue weighted by Gasteiger charge is -2.26. The van der Waals surface area contributed by atoms with Crippen LogP contribution in [0.25, 0.3) is 0 Å². The van der Waals surface area contributed by atoms with E-state index in [4.69, 9.17) is 9.47 Å². The molecule has 1 aromatic carbocycles. The summed E-state index contributed by atoms with van der Waals surface area (Å²) in [6.07, 6.45) is 0. The lowest BCUT2D eigenvalue weighted by atomic mass is 10.2. The van der Waals surface area contributed by atoms with Crippen LogP contribution in [0.4, 0.5) is 5.69 Å². The normalized spacial score (nSPS) is 16.5. The van der Waals surface area contributed by atoms with E-state index in [1.54, 1.807) is 19.1 Å². The van der Waals surface area contributed by atoms with Crippen molar-refractivity contribution >= 4 is 21.6 Å². The minimum absolute atomic E-state index is 0.0835. The number of nitrogens with zero attached hydrogens (tertiary/aromatic N) is 1. The third kappa shape index (κ3) is 3.83. The number of anilines is 1. The van der Waals surface area contributed by atoms with Gasteiger partial charge in [0.05, 0.1) is 18.1 Å². The van der Waals surface area contributed by atoms with Gasteiger partial charge in [0.1, 0.15) is 6.61 Å². The molecule has 0 atom stereocenters. The molecule has 1 amide bonds. The van der Waals surface area contributed by atoms with Gasteiger partial charge in [0.15, 0.2) is 0 Å². The summed E-state index contributed by atoms with van der Waals surface area (Å²) in [4.78, 5) is 11.8. The quantitative estimate of drug-likeness (QED) is 0.855. The summed E-state index contributed by atoms with van der Waals surface area (Å²) in [6.45, 7) is 3.17. The van der Waals surface area contributed by atoms with E-state index in [0.29, 0.717) is 32.0 Å². The molecular formula is C14H20N2O5S. The maximum Gasteiger partial charge on any atom is 0.250 e. The number of ether oxygens (including phenoxy) is 2. The molecule has 1 fully saturated rings. The topological polar surface area (TPSA) is 84.9 Å². The number of hydrogen-bond donors (Lipinski definition) is 1. The Morgan fingerprint density at radius 2 is 2.05 bits per heavy atom. The molecule has 0 radical (unpaired) electrons. The maximum atomic E-state index is 12.6. The van der Waals surface area contributed by atoms with Crippen LogP contribution in [0.5, 0.6) is 0 Å². The monoisotopic (exact) mass is 328 g/mol. The molecule has 22 heavy (non-hydrogen) atoms. The zero-order chi connectivity index (χ0) is 16.2. The molecule has 8 heteroatoms. The highest BCUT2D eigenvalue weighted by Crippen LogP contribution is 2.23. The number of aryl methyl sites for hydroxylation is 1. The van der Waals surface area contributed by atoms with Gasteiger partial charge in [-0.1, -0.05) is 6.07 Å². The van der Waals surface area contributed by atoms with Crippen LogP contribution in [0.15, 0.2) is 23.1 Å². The van der Waals surface area contributed by atoms with Gasteiger partial charge in [-0.2, -0.15) is 4.31 Å². The zero-order valence-corrected chi connectivity index (χ0v) is 13.5. The Balaban J connectivity index is 2.26. The molecule has 1 heterocycles. The number of hydrogen-bond acceptors (Lipinski definition) is 5. The highest BCUT2D eigenvalue weighted by Gasteiger charge is 2.26. The molecule has 0 unspecified atom stereocenters. The Morgan fingerprint density at radius 3 is 2.68 bits per heavy atom. The predicted molar refractivity (Wildman–Crippen MR) is 81.3 cm³/mol. The molecule has 122 valence electrons. The second-order valence-corrected chi connectivity index (χ2v) is 6.91. The highest BCUT2D eigenvalue weighted by atomic mass is 32.2. The third-order valence-electron chi connectivity index (χ3n) is 3.37. The lowest BCUT2D eigenvalue weighted by Crippen LogP contribution is -2.40. The number of rotatable bonds is 5. The summed E-state index contributed by atoms with van der Waals surface area (Å²) < 4.78 is 36.5. The number of carbonyl (C=O) groups excluding carboxylic acids is 1. The maximum absolute atomic E-state index is 12.6. The first-order valence-electron chi connectivity index (χ1n) is 6.92. The summed E-state index contributed by atoms with van der Waals surface area (Å²) in [5.41, 5.74) is 1.25. The fourth-order valence-electron chi connectivity index (χ4n) is 2.15. The van der Waals surface area contributed by atoms with Crippen molar-refractivity contribution in [2.45, 2.75) is 11.8 Å². The molecule has 0 aromatic heterocycles. The first-order valence-corrected chi connectivity index (χ1v) is 8.36. The number of amides is 1. The largest absolute Gasteiger partial charge is 0.379 e. The van der Waals surface area contributed by atoms with Crippen molar-refractivity contribution in [1.29, 1.82) is 0 Å². The van der Waals surface area contributed by atoms with Crippen LogP contribution in [0.2, 0.25) is 0 Å². The van der Waals surface area contributed by atoms with E-state index in [0.717, 1.165) is 5.56 Å². The number of sulfonamides is 1. The van der Waals surface area contributed by atoms with Gasteiger partial charge in [-0.15, -0.1) is 0 Å². The van der Waals surface area contributed by atoms with Crippen LogP contribution in [0, 0.1) is 6.92 Å². The average Bonchev–Trinajstić information content (AvgIpc) is 2.50. The average molecular weight is 328 g/mol. The fraction of sp³-hybridized carbons (Fsp3) is 0.500. The van der Waals surface area contributed by atoms with Crippen molar-refractivity contribution < 1.29 is 22.7 Å². The Bertz CT molecular complexity index is 639. The highest BCUT2D eigenvalue weighted by molar-refractivity contribution is 7.89. The number of morpholine rings is 1. The molecule has 2 rings (SSSR count). The van der Waals surface area contributed by atoms with E-state index in [1.807, 2.05) is 0 Å². The van der Waals surface area contributed by atoms with Crippen LogP contribution in [-0.4, -0.2) is 58.7 Å². The molecule has 0 spiro atoms. The van der Waals surface area contributed by atoms with E-state index in [1.165, 1.54) is 17.5 Å². The third-order valence-corrected chi connectivity index (χ3v) is 5.26. The van der Waals surface area contributed by atoms with Gasteiger partial charge >= 0.3 is 0 Å². The van der Waals surface area contributed by atoms with Gasteiger partial charge in [0, 0.05) is 25.9 Å². The Labute approximate surface area is 130 Å². The molecule has 1 saturated heterocycles. The van der Waals surface area contributed by atoms with Crippen LogP contribution >= 0.6 is 0 Å². The second kappa shape index (κ2) is 7.19. The summed E-state index contributed by atoms with van der Waals surface area (Å²) in [6, 6.07) is 4.70. The van der Waals surface area contributed by atoms with Gasteiger partial charge < -0.3 is 14.8 Å². The number of carbonyl (C=O) groups is 1. The van der Waals surface area contributed by atoms with Crippen molar-refractivity contribution in [3.8, 4) is 0 Å². The van der Waals surface area contributed by atoms with Crippen LogP contribution in [0.3, 0.4) is 0 Å². The number of methoxy groups -OCH3 is 1. The molecular weight excluding hydrogens is 308 g/mol. The Morgan fingerprint density at radius 1 is 1.36 bits per heavy atom. The van der Waals surface area contributed by atoms with Crippen LogP contribution in [-0.2, 0) is 24.3 Å². The molecule has 1 aromatic rings. The molecule has 0 saturated carbocycles. The molecule has 1 aliphatic rings. The molecule has 1 aliphatic heterocycles. The number of nitrogens with one attached hydrogen (secondary N) is 1. The predicted octanol–water partition coefficient (Wildman–Crippen LogP) is 0.601. The molecule has 1 N–H and O–H groups in total. The first-order chi connectivity index (χ1) is 10.4. The summed E-state index contributed by atoms with van der Waals surface area (Å²) >= 11 is 0. The van der Waals surface area contributed by atoms with Crippen molar-refractivity contribution in [1.82, 2.24) is 4.31 Å². The van der Waals surface area contributed by atoms with Crippen molar-refractivity contribution in [3.05, 3.63) is 23.8 Å². The van der Waals surface area contributed by atoms with Crippen molar-refractivity contribution in [3.63, 3.8) is 0 Å². The van der Waals surface area contributed by atoms with E-state index in [-0.39, 0.29) is 17.4 Å². The summed E-state index contributed by atoms with van der Waals surface area (Å²) in [7, 11) is -2.16. The minimum Gasteiger partial charge on any atom is -0.379 e. The first kappa shape index (κ1) is 16.9. The van der Waals surface area contributed by atoms with Gasteiger partial charge in [-0.05, 0) is 24.6 Å². The number of benzene rings is 1. The summed E-state index contributed by atoms with van der Waals surface area (Å²) in [5, 5.41) is 2.65. The molecule has 0 aliphatic carbocycles. The SMILES string of the molecule is COCC(=O)Nc1cc(S(=O)(=O)N2CCOCC2)ccc1C. The van der Waals surface area contributed by atoms with Gasteiger partial charge in [-0.25, -0.2) is 8.42 Å². The Kier molecular flexibility index (Phi) is 5.52. The van der Waals surface area contributed by atoms with E-state index < -0.39 is 10.0 Å². The van der Waals surface area contributed by atoms with Gasteiger partial charge in [-0.3, -0.25) is 4.79 Å². The van der Waals surface area contributed by atoms with E-state index >= 15 is 0 Å². The molecule has 0 bridgehead atoms. The standard InChI is InChI=1S/C14H20N2O5S/c1-11-3-4-12(9-13(11)15-14(17)10-20-2)22(18,19)16-5-7-21-8-6-16/h3-4,9H,5-8,10H2,1-2H3,(H,15,17). The van der Waals surface area contributed by atoms with Crippen molar-refractivity contribution in [2.75, 3.05) is 45.3 Å². The van der Waals surface area contributed by atoms with Gasteiger partial charge in [0.2, 0.25) is 15.9 Å². The van der Waals surface area contributed by atoms with Crippen LogP contribution < -0.4 is 5.32 Å². The van der Waals surface area contributed by atoms with E-state index in [2.05, 4.69) is 5.32 Å². The zero-order valence-electron chi connectivity index (χ0n) is 12.7. The van der Waals surface area contributed by atoms with Crippen LogP contribution in [0.1, 0.15) is 5.56 Å².